The van der Waals surface area contributed by atoms with E-state index in [0.29, 0.717) is 12.2 Å². The van der Waals surface area contributed by atoms with Crippen molar-refractivity contribution in [2.75, 3.05) is 56.6 Å². The molecule has 0 aliphatic carbocycles. The molecule has 0 atom stereocenters. The van der Waals surface area contributed by atoms with Gasteiger partial charge in [-0.3, -0.25) is 19.5 Å². The number of fused-ring (bicyclic) bond motifs is 1. The largest absolute Gasteiger partial charge is 0.497 e. The van der Waals surface area contributed by atoms with Crippen LogP contribution in [0.5, 0.6) is 5.75 Å². The number of para-hydroxylation sites is 1. The first-order valence-corrected chi connectivity index (χ1v) is 11.6. The molecule has 178 valence electrons. The van der Waals surface area contributed by atoms with E-state index in [1.165, 1.54) is 5.69 Å². The molecule has 0 spiro atoms. The van der Waals surface area contributed by atoms with E-state index < -0.39 is 11.8 Å². The van der Waals surface area contributed by atoms with Gasteiger partial charge >= 0.3 is 11.8 Å². The summed E-state index contributed by atoms with van der Waals surface area (Å²) in [5.41, 5.74) is 3.36. The Labute approximate surface area is 199 Å². The summed E-state index contributed by atoms with van der Waals surface area (Å²) in [6.45, 7) is 7.05. The molecule has 2 heterocycles. The Hall–Kier alpha value is -3.65. The van der Waals surface area contributed by atoms with Crippen LogP contribution in [0.2, 0.25) is 0 Å². The summed E-state index contributed by atoms with van der Waals surface area (Å²) in [6.07, 6.45) is 0.791. The van der Waals surface area contributed by atoms with Gasteiger partial charge < -0.3 is 20.3 Å². The Morgan fingerprint density at radius 3 is 2.47 bits per heavy atom. The summed E-state index contributed by atoms with van der Waals surface area (Å²) in [5, 5.41) is 6.27. The number of anilines is 2. The molecule has 3 aromatic rings. The van der Waals surface area contributed by atoms with Gasteiger partial charge in [0, 0.05) is 49.5 Å². The van der Waals surface area contributed by atoms with Crippen molar-refractivity contribution in [3.8, 4) is 5.75 Å². The topological polar surface area (TPSA) is 86.8 Å². The van der Waals surface area contributed by atoms with Gasteiger partial charge in [0.2, 0.25) is 0 Å². The van der Waals surface area contributed by atoms with Gasteiger partial charge in [-0.1, -0.05) is 18.2 Å². The van der Waals surface area contributed by atoms with Crippen LogP contribution in [-0.4, -0.2) is 68.1 Å². The lowest BCUT2D eigenvalue weighted by atomic mass is 10.1. The van der Waals surface area contributed by atoms with Crippen molar-refractivity contribution in [2.24, 2.45) is 0 Å². The van der Waals surface area contributed by atoms with Crippen molar-refractivity contribution < 1.29 is 14.3 Å². The molecular formula is C26H31N5O3. The van der Waals surface area contributed by atoms with Gasteiger partial charge in [-0.25, -0.2) is 0 Å². The Kier molecular flexibility index (Phi) is 7.59. The predicted molar refractivity (Wildman–Crippen MR) is 134 cm³/mol. The minimum atomic E-state index is -0.663. The predicted octanol–water partition coefficient (Wildman–Crippen LogP) is 2.82. The van der Waals surface area contributed by atoms with Crippen molar-refractivity contribution in [3.05, 3.63) is 60.3 Å². The minimum absolute atomic E-state index is 0.459. The van der Waals surface area contributed by atoms with Crippen molar-refractivity contribution in [1.82, 2.24) is 15.2 Å². The lowest BCUT2D eigenvalue weighted by Gasteiger charge is -2.36. The molecule has 0 bridgehead atoms. The zero-order valence-electron chi connectivity index (χ0n) is 19.7. The first-order valence-electron chi connectivity index (χ1n) is 11.6. The van der Waals surface area contributed by atoms with Crippen molar-refractivity contribution in [2.45, 2.75) is 13.3 Å². The zero-order chi connectivity index (χ0) is 23.9. The van der Waals surface area contributed by atoms with E-state index in [9.17, 15) is 9.59 Å². The molecule has 8 heteroatoms. The van der Waals surface area contributed by atoms with Crippen LogP contribution in [0.15, 0.2) is 54.6 Å². The van der Waals surface area contributed by atoms with Crippen LogP contribution < -0.4 is 20.3 Å². The summed E-state index contributed by atoms with van der Waals surface area (Å²) < 4.78 is 5.23. The third-order valence-electron chi connectivity index (χ3n) is 6.05. The van der Waals surface area contributed by atoms with Gasteiger partial charge in [-0.15, -0.1) is 0 Å². The molecule has 34 heavy (non-hydrogen) atoms. The van der Waals surface area contributed by atoms with Gasteiger partial charge in [-0.05, 0) is 56.3 Å². The molecule has 1 aliphatic rings. The van der Waals surface area contributed by atoms with Crippen LogP contribution in [-0.2, 0) is 9.59 Å². The Balaban J connectivity index is 1.18. The molecule has 1 aromatic heterocycles. The number of nitrogens with one attached hydrogen (secondary N) is 2. The highest BCUT2D eigenvalue weighted by molar-refractivity contribution is 6.40. The second-order valence-corrected chi connectivity index (χ2v) is 8.42. The van der Waals surface area contributed by atoms with E-state index in [2.05, 4.69) is 37.6 Å². The number of aryl methyl sites for hydroxylation is 1. The van der Waals surface area contributed by atoms with Crippen LogP contribution in [0.3, 0.4) is 0 Å². The third kappa shape index (κ3) is 5.82. The van der Waals surface area contributed by atoms with Gasteiger partial charge in [-0.2, -0.15) is 0 Å². The SMILES string of the molecule is COc1ccc(N2CCN(CCCNC(=O)C(=O)Nc3cc(C)nc4ccccc34)CC2)cc1. The number of carbonyl (C=O) groups is 2. The molecule has 1 aliphatic heterocycles. The molecular weight excluding hydrogens is 430 g/mol. The van der Waals surface area contributed by atoms with E-state index >= 15 is 0 Å². The van der Waals surface area contributed by atoms with Crippen molar-refractivity contribution in [3.63, 3.8) is 0 Å². The van der Waals surface area contributed by atoms with E-state index in [1.807, 2.05) is 43.3 Å². The fraction of sp³-hybridized carbons (Fsp3) is 0.346. The van der Waals surface area contributed by atoms with E-state index in [-0.39, 0.29) is 0 Å². The van der Waals surface area contributed by atoms with Crippen LogP contribution in [0.4, 0.5) is 11.4 Å². The first kappa shape index (κ1) is 23.5. The molecule has 2 N–H and O–H groups in total. The maximum absolute atomic E-state index is 12.4. The number of aromatic nitrogens is 1. The zero-order valence-corrected chi connectivity index (χ0v) is 19.7. The Bertz CT molecular complexity index is 1140. The lowest BCUT2D eigenvalue weighted by molar-refractivity contribution is -0.136. The van der Waals surface area contributed by atoms with Crippen LogP contribution in [0.25, 0.3) is 10.9 Å². The number of benzene rings is 2. The second-order valence-electron chi connectivity index (χ2n) is 8.42. The summed E-state index contributed by atoms with van der Waals surface area (Å²) >= 11 is 0. The average molecular weight is 462 g/mol. The molecule has 4 rings (SSSR count). The fourth-order valence-electron chi connectivity index (χ4n) is 4.20. The summed E-state index contributed by atoms with van der Waals surface area (Å²) in [4.78, 5) is 33.9. The normalized spacial score (nSPS) is 14.1. The number of rotatable bonds is 7. The van der Waals surface area contributed by atoms with Crippen LogP contribution in [0, 0.1) is 6.92 Å². The second kappa shape index (κ2) is 11.0. The highest BCUT2D eigenvalue weighted by atomic mass is 16.5. The van der Waals surface area contributed by atoms with E-state index in [0.717, 1.165) is 61.5 Å². The number of methoxy groups -OCH3 is 1. The van der Waals surface area contributed by atoms with Crippen molar-refractivity contribution in [1.29, 1.82) is 0 Å². The number of ether oxygens (including phenoxy) is 1. The van der Waals surface area contributed by atoms with Crippen LogP contribution >= 0.6 is 0 Å². The summed E-state index contributed by atoms with van der Waals surface area (Å²) in [6, 6.07) is 17.5. The maximum Gasteiger partial charge on any atom is 0.313 e. The van der Waals surface area contributed by atoms with E-state index in [4.69, 9.17) is 4.74 Å². The summed E-state index contributed by atoms with van der Waals surface area (Å²) in [5.74, 6) is -0.422. The van der Waals surface area contributed by atoms with Crippen LogP contribution in [0.1, 0.15) is 12.1 Å². The number of hydrogen-bond donors (Lipinski definition) is 2. The third-order valence-corrected chi connectivity index (χ3v) is 6.05. The van der Waals surface area contributed by atoms with Gasteiger partial charge in [0.1, 0.15) is 5.75 Å². The smallest absolute Gasteiger partial charge is 0.313 e. The quantitative estimate of drug-likeness (QED) is 0.416. The lowest BCUT2D eigenvalue weighted by Crippen LogP contribution is -2.47. The maximum atomic E-state index is 12.4. The molecule has 2 amide bonds. The number of carbonyl (C=O) groups excluding carboxylic acids is 2. The van der Waals surface area contributed by atoms with Gasteiger partial charge in [0.05, 0.1) is 18.3 Å². The Morgan fingerprint density at radius 2 is 1.74 bits per heavy atom. The number of amides is 2. The molecule has 2 aromatic carbocycles. The molecule has 8 nitrogen and oxygen atoms in total. The van der Waals surface area contributed by atoms with Crippen molar-refractivity contribution >= 4 is 34.1 Å². The average Bonchev–Trinajstić information content (AvgIpc) is 2.86. The van der Waals surface area contributed by atoms with E-state index in [1.54, 1.807) is 13.2 Å². The molecule has 0 radical (unpaired) electrons. The standard InChI is InChI=1S/C26H31N5O3/c1-19-18-24(22-6-3-4-7-23(22)28-19)29-26(33)25(32)27-12-5-13-30-14-16-31(17-15-30)20-8-10-21(34-2)11-9-20/h3-4,6-11,18H,5,12-17H2,1-2H3,(H,27,32)(H,28,29,33). The Morgan fingerprint density at radius 1 is 1.00 bits per heavy atom. The summed E-state index contributed by atoms with van der Waals surface area (Å²) in [7, 11) is 1.67. The number of hydrogen-bond acceptors (Lipinski definition) is 6. The molecule has 0 saturated carbocycles. The highest BCUT2D eigenvalue weighted by Crippen LogP contribution is 2.23. The van der Waals surface area contributed by atoms with Gasteiger partial charge in [0.15, 0.2) is 0 Å². The minimum Gasteiger partial charge on any atom is -0.497 e. The fourth-order valence-corrected chi connectivity index (χ4v) is 4.20. The number of nitrogens with zero attached hydrogens (tertiary/aromatic N) is 3. The first-order chi connectivity index (χ1) is 16.5. The van der Waals surface area contributed by atoms with Gasteiger partial charge in [0.25, 0.3) is 0 Å². The molecule has 0 unspecified atom stereocenters. The highest BCUT2D eigenvalue weighted by Gasteiger charge is 2.18. The molecule has 1 saturated heterocycles. The monoisotopic (exact) mass is 461 g/mol. The number of pyridine rings is 1. The molecule has 1 fully saturated rings. The number of piperazine rings is 1.